The molecule has 0 aliphatic rings. The molecule has 0 aromatic heterocycles. The zero-order valence-electron chi connectivity index (χ0n) is 15.0. The molecule has 0 rings (SSSR count). The van der Waals surface area contributed by atoms with Crippen LogP contribution in [-0.4, -0.2) is 85.8 Å². The number of ether oxygens (including phenoxy) is 4. The Morgan fingerprint density at radius 1 is 1.00 bits per heavy atom. The Morgan fingerprint density at radius 3 is 1.79 bits per heavy atom. The standard InChI is InChI=1S/C13H28O6.C3H4O2/c1-10(5-14)17-6-11(2)18-7-12(3)19-9-13(15)8-16-4;1-2-3(4)5/h10-15H,5-9H2,1-4H3;2H,1H2,(H,4,5). The minimum absolute atomic E-state index is 0.00359. The molecule has 0 bridgehead atoms. The Balaban J connectivity index is 0. The molecule has 4 atom stereocenters. The largest absolute Gasteiger partial charge is 0.478 e. The van der Waals surface area contributed by atoms with E-state index in [0.29, 0.717) is 13.2 Å². The fourth-order valence-corrected chi connectivity index (χ4v) is 1.26. The van der Waals surface area contributed by atoms with Crippen molar-refractivity contribution < 1.29 is 39.1 Å². The van der Waals surface area contributed by atoms with Crippen LogP contribution in [-0.2, 0) is 23.7 Å². The van der Waals surface area contributed by atoms with Crippen molar-refractivity contribution in [3.63, 3.8) is 0 Å². The summed E-state index contributed by atoms with van der Waals surface area (Å²) in [5, 5.41) is 25.8. The van der Waals surface area contributed by atoms with Gasteiger partial charge < -0.3 is 34.3 Å². The molecule has 0 saturated heterocycles. The van der Waals surface area contributed by atoms with E-state index in [2.05, 4.69) is 6.58 Å². The lowest BCUT2D eigenvalue weighted by Crippen LogP contribution is -2.29. The topological polar surface area (TPSA) is 115 Å². The molecule has 8 nitrogen and oxygen atoms in total. The molecule has 4 unspecified atom stereocenters. The second-order valence-corrected chi connectivity index (χ2v) is 5.27. The van der Waals surface area contributed by atoms with Gasteiger partial charge in [-0.2, -0.15) is 0 Å². The van der Waals surface area contributed by atoms with Crippen molar-refractivity contribution >= 4 is 5.97 Å². The van der Waals surface area contributed by atoms with E-state index in [1.54, 1.807) is 6.92 Å². The van der Waals surface area contributed by atoms with Gasteiger partial charge in [0.25, 0.3) is 0 Å². The van der Waals surface area contributed by atoms with Gasteiger partial charge in [-0.1, -0.05) is 6.58 Å². The summed E-state index contributed by atoms with van der Waals surface area (Å²) in [6.07, 6.45) is -0.129. The highest BCUT2D eigenvalue weighted by molar-refractivity contribution is 5.78. The number of hydrogen-bond donors (Lipinski definition) is 3. The van der Waals surface area contributed by atoms with Crippen LogP contribution in [0.2, 0.25) is 0 Å². The van der Waals surface area contributed by atoms with Gasteiger partial charge in [-0.25, -0.2) is 4.79 Å². The Bertz CT molecular complexity index is 310. The Hall–Kier alpha value is -1.03. The van der Waals surface area contributed by atoms with Gasteiger partial charge in [0.05, 0.1) is 51.3 Å². The first kappa shape index (κ1) is 25.2. The van der Waals surface area contributed by atoms with E-state index >= 15 is 0 Å². The molecule has 0 aromatic rings. The molecule has 0 aromatic carbocycles. The predicted molar refractivity (Wildman–Crippen MR) is 89.0 cm³/mol. The smallest absolute Gasteiger partial charge is 0.327 e. The molecule has 0 fully saturated rings. The third-order valence-electron chi connectivity index (χ3n) is 2.59. The monoisotopic (exact) mass is 352 g/mol. The number of carbonyl (C=O) groups is 1. The summed E-state index contributed by atoms with van der Waals surface area (Å²) in [6.45, 7) is 9.89. The van der Waals surface area contributed by atoms with Crippen LogP contribution in [0.15, 0.2) is 12.7 Å². The zero-order valence-corrected chi connectivity index (χ0v) is 15.0. The first-order valence-corrected chi connectivity index (χ1v) is 7.74. The Labute approximate surface area is 144 Å². The lowest BCUT2D eigenvalue weighted by Gasteiger charge is -2.20. The summed E-state index contributed by atoms with van der Waals surface area (Å²) in [7, 11) is 1.53. The second kappa shape index (κ2) is 16.8. The molecule has 0 amide bonds. The molecule has 144 valence electrons. The number of methoxy groups -OCH3 is 1. The van der Waals surface area contributed by atoms with Gasteiger partial charge in [0.2, 0.25) is 0 Å². The van der Waals surface area contributed by atoms with Gasteiger partial charge in [0.15, 0.2) is 0 Å². The van der Waals surface area contributed by atoms with Crippen LogP contribution in [0.1, 0.15) is 20.8 Å². The van der Waals surface area contributed by atoms with Gasteiger partial charge in [-0.15, -0.1) is 0 Å². The van der Waals surface area contributed by atoms with E-state index in [-0.39, 0.29) is 38.1 Å². The lowest BCUT2D eigenvalue weighted by molar-refractivity contribution is -0.131. The van der Waals surface area contributed by atoms with Crippen molar-refractivity contribution in [1.82, 2.24) is 0 Å². The molecule has 0 heterocycles. The van der Waals surface area contributed by atoms with E-state index in [0.717, 1.165) is 6.08 Å². The maximum Gasteiger partial charge on any atom is 0.327 e. The number of aliphatic hydroxyl groups excluding tert-OH is 2. The van der Waals surface area contributed by atoms with Gasteiger partial charge >= 0.3 is 5.97 Å². The molecule has 0 aliphatic heterocycles. The lowest BCUT2D eigenvalue weighted by atomic mass is 10.3. The summed E-state index contributed by atoms with van der Waals surface area (Å²) >= 11 is 0. The maximum absolute atomic E-state index is 9.41. The Morgan fingerprint density at radius 2 is 1.42 bits per heavy atom. The third-order valence-corrected chi connectivity index (χ3v) is 2.59. The molecule has 3 N–H and O–H groups in total. The van der Waals surface area contributed by atoms with Crippen molar-refractivity contribution in [2.24, 2.45) is 0 Å². The highest BCUT2D eigenvalue weighted by Gasteiger charge is 2.11. The van der Waals surface area contributed by atoms with E-state index < -0.39 is 12.1 Å². The van der Waals surface area contributed by atoms with E-state index in [9.17, 15) is 9.90 Å². The predicted octanol–water partition coefficient (Wildman–Crippen LogP) is 0.458. The molecule has 0 saturated carbocycles. The average Bonchev–Trinajstić information content (AvgIpc) is 2.56. The van der Waals surface area contributed by atoms with Crippen molar-refractivity contribution in [2.45, 2.75) is 45.2 Å². The van der Waals surface area contributed by atoms with Crippen LogP contribution in [0, 0.1) is 0 Å². The summed E-state index contributed by atoms with van der Waals surface area (Å²) < 4.78 is 21.1. The zero-order chi connectivity index (χ0) is 19.0. The van der Waals surface area contributed by atoms with Crippen LogP contribution in [0.4, 0.5) is 0 Å². The van der Waals surface area contributed by atoms with Crippen molar-refractivity contribution in [3.05, 3.63) is 12.7 Å². The molecule has 0 spiro atoms. The number of aliphatic hydroxyl groups is 2. The SMILES string of the molecule is C=CC(=O)O.COCC(O)COC(C)COC(C)COC(C)CO. The third kappa shape index (κ3) is 19.0. The van der Waals surface area contributed by atoms with Crippen LogP contribution < -0.4 is 0 Å². The quantitative estimate of drug-likeness (QED) is 0.410. The van der Waals surface area contributed by atoms with Crippen molar-refractivity contribution in [1.29, 1.82) is 0 Å². The van der Waals surface area contributed by atoms with Crippen LogP contribution >= 0.6 is 0 Å². The van der Waals surface area contributed by atoms with E-state index in [4.69, 9.17) is 29.2 Å². The highest BCUT2D eigenvalue weighted by Crippen LogP contribution is 2.00. The molecular formula is C16H32O8. The molecule has 8 heteroatoms. The maximum atomic E-state index is 9.41. The fourth-order valence-electron chi connectivity index (χ4n) is 1.26. The van der Waals surface area contributed by atoms with Gasteiger partial charge in [-0.3, -0.25) is 0 Å². The summed E-state index contributed by atoms with van der Waals surface area (Å²) in [4.78, 5) is 9.25. The fraction of sp³-hybridized carbons (Fsp3) is 0.812. The molecule has 24 heavy (non-hydrogen) atoms. The number of hydrogen-bond acceptors (Lipinski definition) is 7. The van der Waals surface area contributed by atoms with Gasteiger partial charge in [0.1, 0.15) is 6.10 Å². The summed E-state index contributed by atoms with van der Waals surface area (Å²) in [5.41, 5.74) is 0. The number of carboxylic acids is 1. The van der Waals surface area contributed by atoms with Gasteiger partial charge in [-0.05, 0) is 20.8 Å². The van der Waals surface area contributed by atoms with E-state index in [1.807, 2.05) is 13.8 Å². The summed E-state index contributed by atoms with van der Waals surface area (Å²) in [5.74, 6) is -0.981. The molecule has 0 radical (unpaired) electrons. The normalized spacial score (nSPS) is 15.6. The highest BCUT2D eigenvalue weighted by atomic mass is 16.6. The van der Waals surface area contributed by atoms with E-state index in [1.165, 1.54) is 7.11 Å². The van der Waals surface area contributed by atoms with Crippen molar-refractivity contribution in [3.8, 4) is 0 Å². The number of rotatable bonds is 13. The first-order chi connectivity index (χ1) is 11.3. The average molecular weight is 352 g/mol. The molecule has 0 aliphatic carbocycles. The van der Waals surface area contributed by atoms with Crippen molar-refractivity contribution in [2.75, 3.05) is 40.1 Å². The number of aliphatic carboxylic acids is 1. The minimum Gasteiger partial charge on any atom is -0.478 e. The minimum atomic E-state index is -0.981. The Kier molecular flexibility index (Phi) is 17.7. The second-order valence-electron chi connectivity index (χ2n) is 5.27. The van der Waals surface area contributed by atoms with Crippen LogP contribution in [0.5, 0.6) is 0 Å². The molecular weight excluding hydrogens is 320 g/mol. The van der Waals surface area contributed by atoms with Crippen LogP contribution in [0.25, 0.3) is 0 Å². The van der Waals surface area contributed by atoms with Crippen LogP contribution in [0.3, 0.4) is 0 Å². The first-order valence-electron chi connectivity index (χ1n) is 7.74. The number of carboxylic acid groups (broad SMARTS) is 1. The van der Waals surface area contributed by atoms with Gasteiger partial charge in [0, 0.05) is 13.2 Å². The summed E-state index contributed by atoms with van der Waals surface area (Å²) in [6, 6.07) is 0.